The topological polar surface area (TPSA) is 109 Å². The molecule has 43 heavy (non-hydrogen) atoms. The Kier molecular flexibility index (Phi) is 9.16. The zero-order valence-corrected chi connectivity index (χ0v) is 24.1. The van der Waals surface area contributed by atoms with Crippen molar-refractivity contribution < 1.29 is 32.3 Å². The summed E-state index contributed by atoms with van der Waals surface area (Å²) in [5.41, 5.74) is -0.321. The fourth-order valence-corrected chi connectivity index (χ4v) is 4.79. The molecule has 2 aromatic carbocycles. The predicted molar refractivity (Wildman–Crippen MR) is 152 cm³/mol. The number of ketones is 1. The molecule has 0 saturated heterocycles. The maximum atomic E-state index is 13.7. The van der Waals surface area contributed by atoms with Crippen molar-refractivity contribution in [3.8, 4) is 11.8 Å². The molecule has 0 saturated carbocycles. The number of Topliss-reactive ketones (excluding diaryl/α,β-unsaturated/α-hetero) is 1. The molecule has 224 valence electrons. The normalized spacial score (nSPS) is 15.7. The first kappa shape index (κ1) is 31.2. The smallest absolute Gasteiger partial charge is 0.416 e. The van der Waals surface area contributed by atoms with Crippen LogP contribution in [-0.4, -0.2) is 59.6 Å². The SMILES string of the molecule is CC1=C(c2c(C(=O)OCCCCN(C)C)cnn2-c2ccc(C#N)cc2)C(=O)C(C)C(=O)N1c1cccc(C(F)(F)F)c1. The van der Waals surface area contributed by atoms with E-state index in [9.17, 15) is 32.8 Å². The van der Waals surface area contributed by atoms with Crippen LogP contribution in [0.5, 0.6) is 0 Å². The van der Waals surface area contributed by atoms with Gasteiger partial charge in [-0.3, -0.25) is 14.5 Å². The minimum absolute atomic E-state index is 0.0295. The summed E-state index contributed by atoms with van der Waals surface area (Å²) in [6, 6.07) is 12.5. The third kappa shape index (κ3) is 6.52. The summed E-state index contributed by atoms with van der Waals surface area (Å²) in [7, 11) is 3.86. The number of hydrogen-bond acceptors (Lipinski definition) is 7. The van der Waals surface area contributed by atoms with E-state index in [1.54, 1.807) is 12.1 Å². The van der Waals surface area contributed by atoms with Crippen LogP contribution in [0, 0.1) is 17.2 Å². The molecule has 1 aliphatic rings. The van der Waals surface area contributed by atoms with E-state index in [0.717, 1.165) is 30.0 Å². The van der Waals surface area contributed by atoms with Crippen LogP contribution < -0.4 is 4.90 Å². The molecule has 1 aliphatic heterocycles. The maximum absolute atomic E-state index is 13.7. The molecule has 1 aromatic heterocycles. The highest BCUT2D eigenvalue weighted by Gasteiger charge is 2.42. The summed E-state index contributed by atoms with van der Waals surface area (Å²) in [5, 5.41) is 13.6. The summed E-state index contributed by atoms with van der Waals surface area (Å²) >= 11 is 0. The molecule has 9 nitrogen and oxygen atoms in total. The number of benzene rings is 2. The highest BCUT2D eigenvalue weighted by molar-refractivity contribution is 6.34. The average molecular weight is 594 g/mol. The van der Waals surface area contributed by atoms with E-state index in [4.69, 9.17) is 4.74 Å². The summed E-state index contributed by atoms with van der Waals surface area (Å²) in [6.45, 7) is 3.72. The molecule has 0 N–H and O–H groups in total. The number of halogens is 3. The van der Waals surface area contributed by atoms with Gasteiger partial charge in [-0.25, -0.2) is 9.48 Å². The van der Waals surface area contributed by atoms with E-state index >= 15 is 0 Å². The number of nitrogens with zero attached hydrogens (tertiary/aromatic N) is 5. The van der Waals surface area contributed by atoms with Gasteiger partial charge in [0.05, 0.1) is 52.9 Å². The number of anilines is 1. The van der Waals surface area contributed by atoms with Crippen LogP contribution in [0.3, 0.4) is 0 Å². The first-order chi connectivity index (χ1) is 20.3. The number of allylic oxidation sites excluding steroid dienone is 2. The predicted octanol–water partition coefficient (Wildman–Crippen LogP) is 5.24. The molecule has 1 atom stereocenters. The molecule has 0 fully saturated rings. The number of ether oxygens (including phenoxy) is 1. The van der Waals surface area contributed by atoms with E-state index in [-0.39, 0.29) is 34.8 Å². The average Bonchev–Trinajstić information content (AvgIpc) is 3.40. The number of unbranched alkanes of at least 4 members (excludes halogenated alkanes) is 1. The number of carbonyl (C=O) groups is 3. The molecule has 4 rings (SSSR count). The Labute approximate surface area is 246 Å². The molecular formula is C31H30F3N5O4. The van der Waals surface area contributed by atoms with Gasteiger partial charge in [0.1, 0.15) is 5.56 Å². The second kappa shape index (κ2) is 12.6. The van der Waals surface area contributed by atoms with Gasteiger partial charge < -0.3 is 9.64 Å². The van der Waals surface area contributed by atoms with E-state index in [2.05, 4.69) is 5.10 Å². The standard InChI is InChI=1S/C31H30F3N5O4/c1-19-28(40)26(20(2)38(29(19)41)24-9-7-8-22(16-24)31(32,33)34)27-25(30(42)43-15-6-5-14-37(3)4)18-36-39(27)23-12-10-21(17-35)11-13-23/h7-13,16,18-19H,5-6,14-15H2,1-4H3. The largest absolute Gasteiger partial charge is 0.462 e. The molecule has 0 aliphatic carbocycles. The van der Waals surface area contributed by atoms with Crippen LogP contribution >= 0.6 is 0 Å². The van der Waals surface area contributed by atoms with Crippen molar-refractivity contribution in [3.05, 3.63) is 82.8 Å². The summed E-state index contributed by atoms with van der Waals surface area (Å²) in [5.74, 6) is -3.35. The number of rotatable bonds is 9. The molecule has 1 amide bonds. The molecule has 0 radical (unpaired) electrons. The van der Waals surface area contributed by atoms with Crippen LogP contribution in [0.2, 0.25) is 0 Å². The third-order valence-corrected chi connectivity index (χ3v) is 7.06. The lowest BCUT2D eigenvalue weighted by Gasteiger charge is -2.33. The Bertz CT molecular complexity index is 1620. The van der Waals surface area contributed by atoms with E-state index in [0.29, 0.717) is 17.7 Å². The lowest BCUT2D eigenvalue weighted by molar-refractivity contribution is -0.137. The van der Waals surface area contributed by atoms with Gasteiger partial charge in [-0.2, -0.15) is 23.5 Å². The van der Waals surface area contributed by atoms with Crippen molar-refractivity contribution in [2.45, 2.75) is 32.9 Å². The zero-order valence-electron chi connectivity index (χ0n) is 24.1. The number of alkyl halides is 3. The van der Waals surface area contributed by atoms with Gasteiger partial charge in [0.2, 0.25) is 5.91 Å². The first-order valence-corrected chi connectivity index (χ1v) is 13.5. The summed E-state index contributed by atoms with van der Waals surface area (Å²) < 4.78 is 47.5. The molecular weight excluding hydrogens is 563 g/mol. The van der Waals surface area contributed by atoms with Crippen molar-refractivity contribution in [1.82, 2.24) is 14.7 Å². The third-order valence-electron chi connectivity index (χ3n) is 7.06. The number of amides is 1. The Morgan fingerprint density at radius 3 is 2.42 bits per heavy atom. The van der Waals surface area contributed by atoms with Crippen LogP contribution in [0.1, 0.15) is 53.9 Å². The summed E-state index contributed by atoms with van der Waals surface area (Å²) in [4.78, 5) is 43.5. The molecule has 3 aromatic rings. The van der Waals surface area contributed by atoms with Crippen LogP contribution in [0.4, 0.5) is 18.9 Å². The minimum Gasteiger partial charge on any atom is -0.462 e. The van der Waals surface area contributed by atoms with Gasteiger partial charge in [0.25, 0.3) is 0 Å². The highest BCUT2D eigenvalue weighted by Crippen LogP contribution is 2.39. The number of esters is 1. The second-order valence-corrected chi connectivity index (χ2v) is 10.4. The van der Waals surface area contributed by atoms with E-state index in [1.807, 2.05) is 25.1 Å². The van der Waals surface area contributed by atoms with Gasteiger partial charge in [0, 0.05) is 11.4 Å². The lowest BCUT2D eigenvalue weighted by Crippen LogP contribution is -2.43. The molecule has 1 unspecified atom stereocenters. The minimum atomic E-state index is -4.66. The second-order valence-electron chi connectivity index (χ2n) is 10.4. The van der Waals surface area contributed by atoms with E-state index < -0.39 is 35.3 Å². The number of nitriles is 1. The fourth-order valence-electron chi connectivity index (χ4n) is 4.79. The Hall–Kier alpha value is -4.76. The summed E-state index contributed by atoms with van der Waals surface area (Å²) in [6.07, 6.45) is -2.03. The van der Waals surface area contributed by atoms with Crippen molar-refractivity contribution in [2.75, 3.05) is 32.1 Å². The van der Waals surface area contributed by atoms with Crippen molar-refractivity contribution in [2.24, 2.45) is 5.92 Å². The maximum Gasteiger partial charge on any atom is 0.416 e. The Balaban J connectivity index is 1.87. The first-order valence-electron chi connectivity index (χ1n) is 13.5. The number of aromatic nitrogens is 2. The number of carbonyl (C=O) groups excluding carboxylic acids is 3. The van der Waals surface area contributed by atoms with Crippen LogP contribution in [0.15, 0.2) is 60.4 Å². The molecule has 0 spiro atoms. The van der Waals surface area contributed by atoms with Gasteiger partial charge in [-0.15, -0.1) is 0 Å². The Morgan fingerprint density at radius 2 is 1.79 bits per heavy atom. The Morgan fingerprint density at radius 1 is 1.09 bits per heavy atom. The highest BCUT2D eigenvalue weighted by atomic mass is 19.4. The van der Waals surface area contributed by atoms with Gasteiger partial charge in [-0.1, -0.05) is 6.07 Å². The van der Waals surface area contributed by atoms with Gasteiger partial charge in [0.15, 0.2) is 5.78 Å². The fraction of sp³-hybridized carbons (Fsp3) is 0.323. The number of hydrogen-bond donors (Lipinski definition) is 0. The zero-order chi connectivity index (χ0) is 31.5. The molecule has 12 heteroatoms. The van der Waals surface area contributed by atoms with Gasteiger partial charge >= 0.3 is 12.1 Å². The van der Waals surface area contributed by atoms with Gasteiger partial charge in [-0.05, 0) is 89.8 Å². The van der Waals surface area contributed by atoms with Crippen molar-refractivity contribution in [1.29, 1.82) is 5.26 Å². The van der Waals surface area contributed by atoms with Crippen LogP contribution in [0.25, 0.3) is 11.3 Å². The van der Waals surface area contributed by atoms with Crippen molar-refractivity contribution in [3.63, 3.8) is 0 Å². The van der Waals surface area contributed by atoms with E-state index in [1.165, 1.54) is 49.0 Å². The monoisotopic (exact) mass is 593 g/mol. The lowest BCUT2D eigenvalue weighted by atomic mass is 9.88. The van der Waals surface area contributed by atoms with Crippen LogP contribution in [-0.2, 0) is 20.5 Å². The molecule has 0 bridgehead atoms. The molecule has 2 heterocycles. The van der Waals surface area contributed by atoms with Crippen molar-refractivity contribution >= 4 is 28.9 Å². The quantitative estimate of drug-likeness (QED) is 0.190.